The Morgan fingerprint density at radius 2 is 1.33 bits per heavy atom. The van der Waals surface area contributed by atoms with Gasteiger partial charge in [-0.2, -0.15) is 0 Å². The van der Waals surface area contributed by atoms with E-state index < -0.39 is 29.5 Å². The van der Waals surface area contributed by atoms with Gasteiger partial charge in [0.15, 0.2) is 5.78 Å². The molecule has 4 atom stereocenters. The van der Waals surface area contributed by atoms with Gasteiger partial charge in [-0.25, -0.2) is 0 Å². The Balaban J connectivity index is 1.36. The summed E-state index contributed by atoms with van der Waals surface area (Å²) in [6.45, 7) is 0.179. The van der Waals surface area contributed by atoms with Gasteiger partial charge in [-0.3, -0.25) is 4.79 Å². The zero-order valence-electron chi connectivity index (χ0n) is 23.6. The van der Waals surface area contributed by atoms with E-state index in [2.05, 4.69) is 0 Å². The van der Waals surface area contributed by atoms with Crippen molar-refractivity contribution in [3.63, 3.8) is 0 Å². The third-order valence-corrected chi connectivity index (χ3v) is 8.31. The molecule has 2 heterocycles. The Morgan fingerprint density at radius 1 is 0.810 bits per heavy atom. The molecule has 7 heteroatoms. The van der Waals surface area contributed by atoms with E-state index in [9.17, 15) is 9.90 Å². The first-order valence-corrected chi connectivity index (χ1v) is 14.0. The number of methoxy groups -OCH3 is 2. The normalized spacial score (nSPS) is 23.1. The number of ether oxygens (including phenoxy) is 5. The highest BCUT2D eigenvalue weighted by Gasteiger charge is 2.62. The van der Waals surface area contributed by atoms with Crippen LogP contribution in [0.1, 0.15) is 33.5 Å². The number of fused-ring (bicyclic) bond motifs is 2. The Labute approximate surface area is 245 Å². The molecule has 0 aromatic heterocycles. The minimum Gasteiger partial charge on any atom is -0.497 e. The van der Waals surface area contributed by atoms with E-state index in [0.717, 1.165) is 28.2 Å². The number of carbonyl (C=O) groups is 1. The van der Waals surface area contributed by atoms with Crippen molar-refractivity contribution in [2.24, 2.45) is 0 Å². The lowest BCUT2D eigenvalue weighted by Gasteiger charge is -2.39. The molecule has 2 aliphatic rings. The van der Waals surface area contributed by atoms with Crippen LogP contribution in [0.2, 0.25) is 0 Å². The first-order valence-electron chi connectivity index (χ1n) is 14.0. The molecule has 4 aromatic rings. The molecule has 0 amide bonds. The maximum absolute atomic E-state index is 13.0. The highest BCUT2D eigenvalue weighted by Crippen LogP contribution is 2.46. The predicted molar refractivity (Wildman–Crippen MR) is 157 cm³/mol. The zero-order chi connectivity index (χ0) is 29.2. The van der Waals surface area contributed by atoms with Gasteiger partial charge in [0.25, 0.3) is 0 Å². The van der Waals surface area contributed by atoms with Crippen LogP contribution in [0.5, 0.6) is 11.5 Å². The molecule has 0 spiro atoms. The number of Topliss-reactive ketones (excluding diaryl/α,β-unsaturated/α-hetero) is 1. The van der Waals surface area contributed by atoms with Gasteiger partial charge in [-0.15, -0.1) is 0 Å². The molecule has 2 saturated heterocycles. The lowest BCUT2D eigenvalue weighted by Crippen LogP contribution is -2.48. The molecule has 1 N–H and O–H groups in total. The van der Waals surface area contributed by atoms with E-state index in [-0.39, 0.29) is 25.4 Å². The standard InChI is InChI=1S/C35H34O7/c1-38-28-17-13-26(14-18-28)35(25-11-7-4-8-12-25,27-15-19-29(39-2)20-16-27)41-23-34-22-40-32(33(34)37)31(42-34)21-30(36)24-9-5-3-6-10-24/h3-20,31-33,37H,21-23H2,1-2H3/t31-,32+,33?,34+/m0/s1. The Hall–Kier alpha value is -4.01. The van der Waals surface area contributed by atoms with E-state index in [0.29, 0.717) is 5.56 Å². The van der Waals surface area contributed by atoms with Crippen LogP contribution in [0.15, 0.2) is 109 Å². The first-order chi connectivity index (χ1) is 20.5. The predicted octanol–water partition coefficient (Wildman–Crippen LogP) is 5.18. The summed E-state index contributed by atoms with van der Waals surface area (Å²) in [7, 11) is 3.26. The third kappa shape index (κ3) is 4.99. The summed E-state index contributed by atoms with van der Waals surface area (Å²) in [5, 5.41) is 11.4. The topological polar surface area (TPSA) is 83.5 Å². The van der Waals surface area contributed by atoms with Crippen LogP contribution >= 0.6 is 0 Å². The number of benzene rings is 4. The molecule has 0 aliphatic carbocycles. The number of rotatable bonds is 11. The van der Waals surface area contributed by atoms with Crippen molar-refractivity contribution in [2.75, 3.05) is 27.4 Å². The van der Waals surface area contributed by atoms with E-state index in [1.807, 2.05) is 97.1 Å². The summed E-state index contributed by atoms with van der Waals surface area (Å²) in [5.41, 5.74) is 1.03. The van der Waals surface area contributed by atoms with Gasteiger partial charge in [-0.05, 0) is 41.0 Å². The second kappa shape index (κ2) is 11.7. The monoisotopic (exact) mass is 566 g/mol. The minimum absolute atomic E-state index is 0.0215. The van der Waals surface area contributed by atoms with E-state index in [1.54, 1.807) is 26.4 Å². The molecular weight excluding hydrogens is 532 g/mol. The molecule has 6 rings (SSSR count). The van der Waals surface area contributed by atoms with Crippen molar-refractivity contribution in [1.82, 2.24) is 0 Å². The molecule has 7 nitrogen and oxygen atoms in total. The summed E-state index contributed by atoms with van der Waals surface area (Å²) in [6.07, 6.45) is -2.05. The number of carbonyl (C=O) groups excluding carboxylic acids is 1. The highest BCUT2D eigenvalue weighted by molar-refractivity contribution is 5.96. The van der Waals surface area contributed by atoms with Crippen LogP contribution in [-0.4, -0.2) is 62.2 Å². The number of aliphatic hydroxyl groups is 1. The van der Waals surface area contributed by atoms with Gasteiger partial charge >= 0.3 is 0 Å². The summed E-state index contributed by atoms with van der Waals surface area (Å²) in [5.74, 6) is 1.39. The van der Waals surface area contributed by atoms with Crippen molar-refractivity contribution in [1.29, 1.82) is 0 Å². The number of hydrogen-bond donors (Lipinski definition) is 1. The number of ketones is 1. The maximum atomic E-state index is 13.0. The van der Waals surface area contributed by atoms with Crippen molar-refractivity contribution in [3.05, 3.63) is 131 Å². The summed E-state index contributed by atoms with van der Waals surface area (Å²) < 4.78 is 30.4. The third-order valence-electron chi connectivity index (χ3n) is 8.31. The Kier molecular flexibility index (Phi) is 7.84. The Bertz CT molecular complexity index is 1440. The summed E-state index contributed by atoms with van der Waals surface area (Å²) in [6, 6.07) is 34.6. The average Bonchev–Trinajstić information content (AvgIpc) is 3.50. The molecule has 4 aromatic carbocycles. The smallest absolute Gasteiger partial charge is 0.165 e. The van der Waals surface area contributed by atoms with E-state index in [4.69, 9.17) is 23.7 Å². The molecule has 2 aliphatic heterocycles. The van der Waals surface area contributed by atoms with Crippen molar-refractivity contribution in [2.45, 2.75) is 35.9 Å². The maximum Gasteiger partial charge on any atom is 0.165 e. The van der Waals surface area contributed by atoms with Crippen LogP contribution in [0.25, 0.3) is 0 Å². The minimum atomic E-state index is -1.13. The lowest BCUT2D eigenvalue weighted by atomic mass is 9.79. The van der Waals surface area contributed by atoms with Gasteiger partial charge in [0.05, 0.1) is 33.5 Å². The van der Waals surface area contributed by atoms with Crippen LogP contribution in [0.3, 0.4) is 0 Å². The van der Waals surface area contributed by atoms with Crippen LogP contribution in [-0.2, 0) is 19.8 Å². The average molecular weight is 567 g/mol. The van der Waals surface area contributed by atoms with Gasteiger partial charge in [0, 0.05) is 12.0 Å². The van der Waals surface area contributed by atoms with Gasteiger partial charge in [-0.1, -0.05) is 84.9 Å². The van der Waals surface area contributed by atoms with Gasteiger partial charge in [0.1, 0.15) is 34.9 Å². The van der Waals surface area contributed by atoms with E-state index >= 15 is 0 Å². The summed E-state index contributed by atoms with van der Waals surface area (Å²) in [4.78, 5) is 13.0. The summed E-state index contributed by atoms with van der Waals surface area (Å²) >= 11 is 0. The fourth-order valence-electron chi connectivity index (χ4n) is 6.04. The largest absolute Gasteiger partial charge is 0.497 e. The van der Waals surface area contributed by atoms with Crippen LogP contribution < -0.4 is 9.47 Å². The molecule has 2 fully saturated rings. The zero-order valence-corrected chi connectivity index (χ0v) is 23.6. The molecular formula is C35H34O7. The highest BCUT2D eigenvalue weighted by atomic mass is 16.7. The number of aliphatic hydroxyl groups excluding tert-OH is 1. The molecule has 2 bridgehead atoms. The van der Waals surface area contributed by atoms with Crippen molar-refractivity contribution >= 4 is 5.78 Å². The SMILES string of the molecule is COc1ccc(C(OC[C@]23CO[C@@H](C2O)[C@H](CC(=O)c2ccccc2)O3)(c2ccccc2)c2ccc(OC)cc2)cc1. The molecule has 42 heavy (non-hydrogen) atoms. The fourth-order valence-corrected chi connectivity index (χ4v) is 6.04. The first kappa shape index (κ1) is 28.1. The fraction of sp³-hybridized carbons (Fsp3) is 0.286. The number of hydrogen-bond acceptors (Lipinski definition) is 7. The van der Waals surface area contributed by atoms with Gasteiger partial charge in [0.2, 0.25) is 0 Å². The molecule has 0 radical (unpaired) electrons. The molecule has 216 valence electrons. The van der Waals surface area contributed by atoms with Crippen LogP contribution in [0.4, 0.5) is 0 Å². The molecule has 0 saturated carbocycles. The second-order valence-electron chi connectivity index (χ2n) is 10.7. The van der Waals surface area contributed by atoms with Gasteiger partial charge < -0.3 is 28.8 Å². The van der Waals surface area contributed by atoms with Crippen molar-refractivity contribution in [3.8, 4) is 11.5 Å². The quantitative estimate of drug-likeness (QED) is 0.198. The second-order valence-corrected chi connectivity index (χ2v) is 10.7. The lowest BCUT2D eigenvalue weighted by molar-refractivity contribution is -0.181. The van der Waals surface area contributed by atoms with Crippen LogP contribution in [0, 0.1) is 0 Å². The van der Waals surface area contributed by atoms with Crippen molar-refractivity contribution < 1.29 is 33.6 Å². The molecule has 1 unspecified atom stereocenters. The van der Waals surface area contributed by atoms with E-state index in [1.165, 1.54) is 0 Å². The Morgan fingerprint density at radius 3 is 1.88 bits per heavy atom.